The second-order valence-electron chi connectivity index (χ2n) is 9.39. The number of rotatable bonds is 4. The maximum absolute atomic E-state index is 9.86. The molecule has 2 aromatic carbocycles. The van der Waals surface area contributed by atoms with E-state index in [9.17, 15) is 5.26 Å². The van der Waals surface area contributed by atoms with Gasteiger partial charge in [-0.05, 0) is 59.4 Å². The minimum atomic E-state index is 0.207. The molecule has 4 rings (SSSR count). The van der Waals surface area contributed by atoms with E-state index in [1.165, 1.54) is 5.56 Å². The number of pyridine rings is 1. The number of fused-ring (bicyclic) bond motifs is 1. The molecule has 1 unspecified atom stereocenters. The van der Waals surface area contributed by atoms with Gasteiger partial charge >= 0.3 is 0 Å². The van der Waals surface area contributed by atoms with E-state index in [2.05, 4.69) is 31.8 Å². The maximum Gasteiger partial charge on any atom is 0.142 e. The van der Waals surface area contributed by atoms with Crippen LogP contribution in [-0.2, 0) is 19.4 Å². The van der Waals surface area contributed by atoms with Crippen LogP contribution >= 0.6 is 0 Å². The number of benzene rings is 2. The number of aromatic nitrogens is 1. The molecule has 0 fully saturated rings. The molecule has 1 aliphatic rings. The lowest BCUT2D eigenvalue weighted by molar-refractivity contribution is 0.215. The predicted octanol–water partition coefficient (Wildman–Crippen LogP) is 5.93. The van der Waals surface area contributed by atoms with E-state index in [4.69, 9.17) is 10.5 Å². The Balaban J connectivity index is 1.67. The number of nitriles is 1. The van der Waals surface area contributed by atoms with Crippen molar-refractivity contribution < 1.29 is 4.74 Å². The molecule has 158 valence electrons. The van der Waals surface area contributed by atoms with Crippen molar-refractivity contribution in [1.29, 1.82) is 5.26 Å². The van der Waals surface area contributed by atoms with Gasteiger partial charge in [0, 0.05) is 11.3 Å². The van der Waals surface area contributed by atoms with Crippen LogP contribution in [0.5, 0.6) is 5.75 Å². The Bertz CT molecular complexity index is 1110. The number of nitrogens with zero attached hydrogens (tertiary/aromatic N) is 2. The minimum Gasteiger partial charge on any atom is -0.489 e. The Morgan fingerprint density at radius 2 is 1.81 bits per heavy atom. The first kappa shape index (κ1) is 20.9. The van der Waals surface area contributed by atoms with Gasteiger partial charge in [-0.2, -0.15) is 5.26 Å². The van der Waals surface area contributed by atoms with Crippen LogP contribution in [0.25, 0.3) is 11.1 Å². The van der Waals surface area contributed by atoms with Gasteiger partial charge in [0.25, 0.3) is 0 Å². The van der Waals surface area contributed by atoms with Crippen LogP contribution in [0.4, 0.5) is 5.82 Å². The Kier molecular flexibility index (Phi) is 5.69. The van der Waals surface area contributed by atoms with Crippen molar-refractivity contribution in [1.82, 2.24) is 4.98 Å². The van der Waals surface area contributed by atoms with Crippen LogP contribution in [-0.4, -0.2) is 4.98 Å². The molecule has 0 aliphatic heterocycles. The number of ether oxygens (including phenoxy) is 1. The fourth-order valence-corrected chi connectivity index (χ4v) is 4.41. The van der Waals surface area contributed by atoms with Crippen molar-refractivity contribution >= 4 is 5.82 Å². The lowest BCUT2D eigenvalue weighted by Crippen LogP contribution is -2.28. The number of hydrogen-bond acceptors (Lipinski definition) is 4. The van der Waals surface area contributed by atoms with Gasteiger partial charge < -0.3 is 10.5 Å². The zero-order valence-electron chi connectivity index (χ0n) is 18.5. The molecule has 1 aromatic heterocycles. The highest BCUT2D eigenvalue weighted by atomic mass is 16.5. The summed E-state index contributed by atoms with van der Waals surface area (Å²) < 4.78 is 5.94. The van der Waals surface area contributed by atoms with E-state index in [-0.39, 0.29) is 5.41 Å². The first-order valence-corrected chi connectivity index (χ1v) is 10.9. The van der Waals surface area contributed by atoms with E-state index in [1.54, 1.807) is 0 Å². The number of nitrogen functional groups attached to an aromatic ring is 1. The fraction of sp³-hybridized carbons (Fsp3) is 0.333. The summed E-state index contributed by atoms with van der Waals surface area (Å²) in [6.45, 7) is 7.39. The highest BCUT2D eigenvalue weighted by molar-refractivity contribution is 5.79. The lowest BCUT2D eigenvalue weighted by atomic mass is 9.70. The maximum atomic E-state index is 9.86. The minimum absolute atomic E-state index is 0.207. The van der Waals surface area contributed by atoms with Gasteiger partial charge in [-0.25, -0.2) is 4.98 Å². The zero-order chi connectivity index (χ0) is 22.0. The van der Waals surface area contributed by atoms with Crippen LogP contribution in [0.1, 0.15) is 49.6 Å². The summed E-state index contributed by atoms with van der Waals surface area (Å²) in [5, 5.41) is 9.86. The van der Waals surface area contributed by atoms with Crippen molar-refractivity contribution in [3.8, 4) is 22.9 Å². The molecule has 1 aliphatic carbocycles. The second kappa shape index (κ2) is 8.43. The molecule has 31 heavy (non-hydrogen) atoms. The van der Waals surface area contributed by atoms with Gasteiger partial charge in [0.15, 0.2) is 0 Å². The van der Waals surface area contributed by atoms with Crippen LogP contribution in [0.3, 0.4) is 0 Å². The smallest absolute Gasteiger partial charge is 0.142 e. The molecule has 2 N–H and O–H groups in total. The Hall–Kier alpha value is -3.32. The van der Waals surface area contributed by atoms with E-state index in [0.29, 0.717) is 23.9 Å². The Labute approximate surface area is 184 Å². The van der Waals surface area contributed by atoms with Crippen molar-refractivity contribution in [2.24, 2.45) is 11.3 Å². The third kappa shape index (κ3) is 4.41. The third-order valence-electron chi connectivity index (χ3n) is 6.32. The van der Waals surface area contributed by atoms with Crippen molar-refractivity contribution in [2.45, 2.75) is 46.6 Å². The highest BCUT2D eigenvalue weighted by Gasteiger charge is 2.32. The number of hydrogen-bond donors (Lipinski definition) is 1. The van der Waals surface area contributed by atoms with Crippen molar-refractivity contribution in [3.05, 3.63) is 77.0 Å². The quantitative estimate of drug-likeness (QED) is 0.577. The number of anilines is 1. The molecule has 4 heteroatoms. The summed E-state index contributed by atoms with van der Waals surface area (Å²) in [5.41, 5.74) is 12.2. The third-order valence-corrected chi connectivity index (χ3v) is 6.32. The average molecular weight is 412 g/mol. The molecule has 1 heterocycles. The predicted molar refractivity (Wildman–Crippen MR) is 125 cm³/mol. The van der Waals surface area contributed by atoms with E-state index >= 15 is 0 Å². The van der Waals surface area contributed by atoms with E-state index < -0.39 is 0 Å². The van der Waals surface area contributed by atoms with Gasteiger partial charge in [0.05, 0.1) is 0 Å². The topological polar surface area (TPSA) is 71.9 Å². The second-order valence-corrected chi connectivity index (χ2v) is 9.39. The lowest BCUT2D eigenvalue weighted by Gasteiger charge is -2.35. The largest absolute Gasteiger partial charge is 0.489 e. The Morgan fingerprint density at radius 1 is 1.10 bits per heavy atom. The molecule has 0 saturated carbocycles. The van der Waals surface area contributed by atoms with Crippen molar-refractivity contribution in [2.75, 3.05) is 5.73 Å². The van der Waals surface area contributed by atoms with Gasteiger partial charge in [-0.1, -0.05) is 63.2 Å². The highest BCUT2D eigenvalue weighted by Crippen LogP contribution is 2.42. The average Bonchev–Trinajstić information content (AvgIpc) is 2.77. The molecule has 1 atom stereocenters. The van der Waals surface area contributed by atoms with Gasteiger partial charge in [0.1, 0.15) is 29.8 Å². The van der Waals surface area contributed by atoms with Gasteiger partial charge in [-0.15, -0.1) is 0 Å². The molecule has 0 amide bonds. The summed E-state index contributed by atoms with van der Waals surface area (Å²) >= 11 is 0. The molecule has 4 nitrogen and oxygen atoms in total. The Morgan fingerprint density at radius 3 is 2.45 bits per heavy atom. The van der Waals surface area contributed by atoms with Crippen LogP contribution in [0, 0.1) is 22.7 Å². The van der Waals surface area contributed by atoms with Crippen molar-refractivity contribution in [3.63, 3.8) is 0 Å². The molecular weight excluding hydrogens is 382 g/mol. The van der Waals surface area contributed by atoms with Crippen LogP contribution in [0.15, 0.2) is 54.6 Å². The summed E-state index contributed by atoms with van der Waals surface area (Å²) in [6.07, 6.45) is 2.92. The normalized spacial score (nSPS) is 15.7. The van der Waals surface area contributed by atoms with Crippen LogP contribution in [0.2, 0.25) is 0 Å². The molecule has 0 spiro atoms. The molecule has 0 saturated heterocycles. The molecular formula is C27H29N3O. The molecule has 0 bridgehead atoms. The van der Waals surface area contributed by atoms with Gasteiger partial charge in [0.2, 0.25) is 0 Å². The summed E-state index contributed by atoms with van der Waals surface area (Å²) in [6, 6.07) is 20.4. The van der Waals surface area contributed by atoms with E-state index in [0.717, 1.165) is 47.4 Å². The van der Waals surface area contributed by atoms with Crippen LogP contribution < -0.4 is 10.5 Å². The van der Waals surface area contributed by atoms with Gasteiger partial charge in [-0.3, -0.25) is 0 Å². The SMILES string of the molecule is CC(C)(C)C1CCc2nc(N)c(C#N)c(-c3ccc(OCc4ccccc4)cc3)c2C1. The monoisotopic (exact) mass is 411 g/mol. The summed E-state index contributed by atoms with van der Waals surface area (Å²) in [4.78, 5) is 4.60. The summed E-state index contributed by atoms with van der Waals surface area (Å²) in [7, 11) is 0. The first-order valence-electron chi connectivity index (χ1n) is 10.9. The molecule has 0 radical (unpaired) electrons. The summed E-state index contributed by atoms with van der Waals surface area (Å²) in [5.74, 6) is 1.67. The first-order chi connectivity index (χ1) is 14.9. The number of aryl methyl sites for hydroxylation is 1. The number of nitrogens with two attached hydrogens (primary N) is 1. The zero-order valence-corrected chi connectivity index (χ0v) is 18.5. The fourth-order valence-electron chi connectivity index (χ4n) is 4.41. The standard InChI is InChI=1S/C27H29N3O/c1-27(2,3)20-11-14-24-22(15-20)25(23(16-28)26(29)30-24)19-9-12-21(13-10-19)31-17-18-7-5-4-6-8-18/h4-10,12-13,20H,11,14-15,17H2,1-3H3,(H2,29,30). The molecule has 3 aromatic rings. The van der Waals surface area contributed by atoms with E-state index in [1.807, 2.05) is 54.6 Å².